The lowest BCUT2D eigenvalue weighted by molar-refractivity contribution is 0.149. The van der Waals surface area contributed by atoms with Crippen molar-refractivity contribution in [1.82, 2.24) is 0 Å². The van der Waals surface area contributed by atoms with Gasteiger partial charge in [-0.3, -0.25) is 0 Å². The number of nitrogens with two attached hydrogens (primary N) is 2. The molecule has 4 aromatic carbocycles. The largest absolute Gasteiger partial charge is 0.457 e. The summed E-state index contributed by atoms with van der Waals surface area (Å²) in [4.78, 5) is 11.0. The molecular weight excluding hydrogens is 657 g/mol. The second-order valence-electron chi connectivity index (χ2n) is 15.9. The molecule has 2 saturated carbocycles. The first-order valence-electron chi connectivity index (χ1n) is 19.9. The summed E-state index contributed by atoms with van der Waals surface area (Å²) in [6.07, 6.45) is 12.2. The monoisotopic (exact) mass is 710 g/mol. The third kappa shape index (κ3) is 7.03. The fourth-order valence-electron chi connectivity index (χ4n) is 10.5. The number of hydrogen-bond acceptors (Lipinski definition) is 7. The Labute approximate surface area is 314 Å². The van der Waals surface area contributed by atoms with Crippen molar-refractivity contribution in [2.75, 3.05) is 24.7 Å². The Bertz CT molecular complexity index is 1880. The zero-order valence-corrected chi connectivity index (χ0v) is 31.4. The maximum absolute atomic E-state index is 6.73. The second kappa shape index (κ2) is 14.9. The zero-order chi connectivity index (χ0) is 36.4. The molecule has 4 N–H and O–H groups in total. The summed E-state index contributed by atoms with van der Waals surface area (Å²) in [6, 6.07) is 30.6. The van der Waals surface area contributed by atoms with E-state index in [-0.39, 0.29) is 10.8 Å². The number of benzene rings is 4. The van der Waals surface area contributed by atoms with Crippen LogP contribution in [0.2, 0.25) is 0 Å². The lowest BCUT2D eigenvalue weighted by Crippen LogP contribution is -2.46. The summed E-state index contributed by atoms with van der Waals surface area (Å²) in [6.45, 7) is 5.21. The molecule has 7 nitrogen and oxygen atoms in total. The molecule has 8 rings (SSSR count). The van der Waals surface area contributed by atoms with Gasteiger partial charge in [0.2, 0.25) is 0 Å². The van der Waals surface area contributed by atoms with Crippen molar-refractivity contribution >= 4 is 22.8 Å². The van der Waals surface area contributed by atoms with E-state index in [1.165, 1.54) is 44.8 Å². The van der Waals surface area contributed by atoms with Gasteiger partial charge in [-0.1, -0.05) is 46.7 Å². The fourth-order valence-corrected chi connectivity index (χ4v) is 10.5. The van der Waals surface area contributed by atoms with E-state index in [0.717, 1.165) is 99.9 Å². The molecule has 276 valence electrons. The molecular formula is C46H54N4O3. The molecule has 4 atom stereocenters. The van der Waals surface area contributed by atoms with E-state index in [4.69, 9.17) is 25.9 Å². The Morgan fingerprint density at radius 1 is 0.604 bits per heavy atom. The van der Waals surface area contributed by atoms with Gasteiger partial charge in [0.15, 0.2) is 0 Å². The van der Waals surface area contributed by atoms with Crippen LogP contribution < -0.4 is 16.2 Å². The molecule has 0 bridgehead atoms. The standard InChI is InChI=1S/C46H54N4O3/c1-3-51-49-39-19-21-45(29-31-7-5-9-37(47)23-31)35(27-39)13-11-33-25-41(15-17-43(33)45)53-42-16-18-44-34(26-42)12-14-36-28-40(50-52-4-2)20-22-46(36,44)30-32-8-6-10-38(48)24-32/h5-10,15-18,23-26,35-36H,3-4,11-14,19-22,27-30,47-48H2,1-2H3. The number of ether oxygens (including phenoxy) is 1. The molecule has 0 heterocycles. The van der Waals surface area contributed by atoms with Crippen LogP contribution in [0.5, 0.6) is 11.5 Å². The van der Waals surface area contributed by atoms with Gasteiger partial charge < -0.3 is 25.9 Å². The van der Waals surface area contributed by atoms with Crippen LogP contribution in [-0.2, 0) is 46.2 Å². The van der Waals surface area contributed by atoms with Crippen LogP contribution in [0.1, 0.15) is 98.6 Å². The zero-order valence-electron chi connectivity index (χ0n) is 31.4. The molecule has 0 aliphatic heterocycles. The van der Waals surface area contributed by atoms with Crippen molar-refractivity contribution in [3.8, 4) is 11.5 Å². The van der Waals surface area contributed by atoms with Crippen molar-refractivity contribution in [2.45, 2.75) is 102 Å². The molecule has 4 aliphatic carbocycles. The topological polar surface area (TPSA) is 104 Å². The minimum atomic E-state index is 0.0263. The van der Waals surface area contributed by atoms with Gasteiger partial charge in [-0.15, -0.1) is 0 Å². The summed E-state index contributed by atoms with van der Waals surface area (Å²) >= 11 is 0. The summed E-state index contributed by atoms with van der Waals surface area (Å²) in [5.41, 5.74) is 25.0. The Morgan fingerprint density at radius 2 is 1.08 bits per heavy atom. The van der Waals surface area contributed by atoms with Gasteiger partial charge in [-0.2, -0.15) is 0 Å². The first-order chi connectivity index (χ1) is 25.9. The number of aryl methyl sites for hydroxylation is 2. The third-order valence-corrected chi connectivity index (χ3v) is 12.8. The van der Waals surface area contributed by atoms with E-state index in [1.807, 2.05) is 26.0 Å². The number of oxime groups is 2. The average molecular weight is 711 g/mol. The van der Waals surface area contributed by atoms with Crippen molar-refractivity contribution in [2.24, 2.45) is 22.1 Å². The highest BCUT2D eigenvalue weighted by atomic mass is 16.6. The lowest BCUT2D eigenvalue weighted by Gasteiger charge is -2.49. The van der Waals surface area contributed by atoms with Crippen LogP contribution in [0.15, 0.2) is 95.2 Å². The maximum Gasteiger partial charge on any atom is 0.127 e. The fraction of sp³-hybridized carbons (Fsp3) is 0.435. The Kier molecular flexibility index (Phi) is 9.93. The number of nitrogen functional groups attached to an aromatic ring is 2. The van der Waals surface area contributed by atoms with Crippen LogP contribution in [0.4, 0.5) is 11.4 Å². The first kappa shape index (κ1) is 35.3. The van der Waals surface area contributed by atoms with E-state index in [0.29, 0.717) is 25.0 Å². The lowest BCUT2D eigenvalue weighted by atomic mass is 9.55. The van der Waals surface area contributed by atoms with Crippen molar-refractivity contribution in [3.05, 3.63) is 118 Å². The summed E-state index contributed by atoms with van der Waals surface area (Å²) in [7, 11) is 0. The highest BCUT2D eigenvalue weighted by molar-refractivity contribution is 5.86. The molecule has 0 radical (unpaired) electrons. The summed E-state index contributed by atoms with van der Waals surface area (Å²) < 4.78 is 6.73. The minimum absolute atomic E-state index is 0.0263. The predicted molar refractivity (Wildman–Crippen MR) is 215 cm³/mol. The molecule has 7 heteroatoms. The molecule has 4 unspecified atom stereocenters. The second-order valence-corrected chi connectivity index (χ2v) is 15.9. The van der Waals surface area contributed by atoms with Gasteiger partial charge in [0.05, 0.1) is 11.4 Å². The van der Waals surface area contributed by atoms with Crippen LogP contribution in [-0.4, -0.2) is 24.6 Å². The van der Waals surface area contributed by atoms with Crippen LogP contribution in [0, 0.1) is 11.8 Å². The van der Waals surface area contributed by atoms with Crippen LogP contribution in [0.25, 0.3) is 0 Å². The first-order valence-corrected chi connectivity index (χ1v) is 19.9. The average Bonchev–Trinajstić information content (AvgIpc) is 3.16. The summed E-state index contributed by atoms with van der Waals surface area (Å²) in [5.74, 6) is 2.82. The van der Waals surface area contributed by atoms with Gasteiger partial charge in [0.25, 0.3) is 0 Å². The maximum atomic E-state index is 6.73. The number of rotatable bonds is 10. The molecule has 0 amide bonds. The molecule has 0 spiro atoms. The molecule has 0 aromatic heterocycles. The van der Waals surface area contributed by atoms with Gasteiger partial charge >= 0.3 is 0 Å². The highest BCUT2D eigenvalue weighted by Gasteiger charge is 2.48. The minimum Gasteiger partial charge on any atom is -0.457 e. The van der Waals surface area contributed by atoms with E-state index in [2.05, 4.69) is 83.1 Å². The van der Waals surface area contributed by atoms with E-state index >= 15 is 0 Å². The van der Waals surface area contributed by atoms with Crippen molar-refractivity contribution in [3.63, 3.8) is 0 Å². The predicted octanol–water partition coefficient (Wildman–Crippen LogP) is 9.88. The van der Waals surface area contributed by atoms with Crippen molar-refractivity contribution < 1.29 is 14.4 Å². The number of anilines is 2. The SMILES string of the molecule is CCON=C1CCC2(Cc3cccc(N)c3)c3ccc(Oc4ccc5c(c4)CCC4CC(=NOCC)CCC54Cc4cccc(N)c4)cc3CCC2C1. The van der Waals surface area contributed by atoms with Crippen LogP contribution >= 0.6 is 0 Å². The van der Waals surface area contributed by atoms with Crippen LogP contribution in [0.3, 0.4) is 0 Å². The van der Waals surface area contributed by atoms with Crippen molar-refractivity contribution in [1.29, 1.82) is 0 Å². The number of hydrogen-bond donors (Lipinski definition) is 2. The van der Waals surface area contributed by atoms with Gasteiger partial charge in [0, 0.05) is 22.2 Å². The Balaban J connectivity index is 1.08. The highest BCUT2D eigenvalue weighted by Crippen LogP contribution is 2.54. The summed E-state index contributed by atoms with van der Waals surface area (Å²) in [5, 5.41) is 9.04. The molecule has 0 saturated heterocycles. The normalized spacial score (nSPS) is 26.2. The Morgan fingerprint density at radius 3 is 1.51 bits per heavy atom. The molecule has 53 heavy (non-hydrogen) atoms. The Hall–Kier alpha value is -4.78. The van der Waals surface area contributed by atoms with Gasteiger partial charge in [-0.05, 0) is 185 Å². The third-order valence-electron chi connectivity index (χ3n) is 12.8. The quantitative estimate of drug-likeness (QED) is 0.126. The molecule has 4 aliphatic rings. The van der Waals surface area contributed by atoms with E-state index in [9.17, 15) is 0 Å². The number of fused-ring (bicyclic) bond motifs is 6. The van der Waals surface area contributed by atoms with Gasteiger partial charge in [0.1, 0.15) is 24.7 Å². The van der Waals surface area contributed by atoms with Gasteiger partial charge in [-0.25, -0.2) is 0 Å². The molecule has 2 fully saturated rings. The van der Waals surface area contributed by atoms with E-state index < -0.39 is 0 Å². The smallest absolute Gasteiger partial charge is 0.127 e. The van der Waals surface area contributed by atoms with E-state index in [1.54, 1.807) is 0 Å². The number of nitrogens with zero attached hydrogens (tertiary/aromatic N) is 2. The molecule has 4 aromatic rings.